The lowest BCUT2D eigenvalue weighted by Gasteiger charge is -2.24. The number of piperidine rings is 1. The van der Waals surface area contributed by atoms with Crippen LogP contribution in [0, 0.1) is 11.3 Å². The second-order valence-electron chi connectivity index (χ2n) is 5.59. The standard InChI is InChI=1S/C17H18N4O2/c1-23-17(22)12(10-18)16-15(11-6-8-19-9-7-11)20-13-4-2-3-5-14(13)21-16/h2-5,11-12,19H,6-9H2,1H3. The number of para-hydroxylation sites is 2. The van der Waals surface area contributed by atoms with Crippen LogP contribution in [-0.4, -0.2) is 36.1 Å². The Bertz CT molecular complexity index is 763. The van der Waals surface area contributed by atoms with Gasteiger partial charge in [0, 0.05) is 5.92 Å². The number of nitrogens with one attached hydrogen (secondary N) is 1. The maximum atomic E-state index is 12.0. The van der Waals surface area contributed by atoms with E-state index >= 15 is 0 Å². The zero-order chi connectivity index (χ0) is 16.2. The van der Waals surface area contributed by atoms with E-state index in [0.29, 0.717) is 11.2 Å². The van der Waals surface area contributed by atoms with Gasteiger partial charge in [-0.3, -0.25) is 4.79 Å². The largest absolute Gasteiger partial charge is 0.468 e. The van der Waals surface area contributed by atoms with Crippen molar-refractivity contribution in [1.29, 1.82) is 5.26 Å². The first-order valence-corrected chi connectivity index (χ1v) is 7.69. The van der Waals surface area contributed by atoms with Crippen LogP contribution in [-0.2, 0) is 9.53 Å². The highest BCUT2D eigenvalue weighted by Crippen LogP contribution is 2.31. The molecule has 1 aliphatic heterocycles. The second kappa shape index (κ2) is 6.71. The number of rotatable bonds is 3. The molecular formula is C17H18N4O2. The Morgan fingerprint density at radius 2 is 1.96 bits per heavy atom. The third-order valence-electron chi connectivity index (χ3n) is 4.19. The molecule has 2 heterocycles. The van der Waals surface area contributed by atoms with Gasteiger partial charge in [0.05, 0.1) is 35.6 Å². The smallest absolute Gasteiger partial charge is 0.329 e. The van der Waals surface area contributed by atoms with Crippen molar-refractivity contribution in [3.8, 4) is 6.07 Å². The fourth-order valence-electron chi connectivity index (χ4n) is 2.98. The van der Waals surface area contributed by atoms with Gasteiger partial charge in [0.15, 0.2) is 5.92 Å². The summed E-state index contributed by atoms with van der Waals surface area (Å²) in [7, 11) is 1.28. The molecule has 0 amide bonds. The molecule has 6 heteroatoms. The van der Waals surface area contributed by atoms with Crippen LogP contribution in [0.5, 0.6) is 0 Å². The van der Waals surface area contributed by atoms with Gasteiger partial charge in [-0.25, -0.2) is 9.97 Å². The van der Waals surface area contributed by atoms with E-state index in [1.54, 1.807) is 0 Å². The summed E-state index contributed by atoms with van der Waals surface area (Å²) in [5.41, 5.74) is 2.66. The molecule has 1 N–H and O–H groups in total. The Labute approximate surface area is 134 Å². The highest BCUT2D eigenvalue weighted by Gasteiger charge is 2.30. The predicted octanol–water partition coefficient (Wildman–Crippen LogP) is 1.88. The molecule has 1 aliphatic rings. The maximum absolute atomic E-state index is 12.0. The number of nitriles is 1. The molecule has 0 saturated carbocycles. The van der Waals surface area contributed by atoms with E-state index in [1.807, 2.05) is 30.3 Å². The number of hydrogen-bond donors (Lipinski definition) is 1. The lowest BCUT2D eigenvalue weighted by molar-refractivity contribution is -0.141. The first kappa shape index (κ1) is 15.4. The Morgan fingerprint density at radius 1 is 1.30 bits per heavy atom. The van der Waals surface area contributed by atoms with E-state index in [1.165, 1.54) is 7.11 Å². The van der Waals surface area contributed by atoms with Crippen molar-refractivity contribution in [1.82, 2.24) is 15.3 Å². The Balaban J connectivity index is 2.15. The molecule has 1 fully saturated rings. The fraction of sp³-hybridized carbons (Fsp3) is 0.412. The summed E-state index contributed by atoms with van der Waals surface area (Å²) >= 11 is 0. The summed E-state index contributed by atoms with van der Waals surface area (Å²) in [5.74, 6) is -1.43. The molecule has 118 valence electrons. The zero-order valence-corrected chi connectivity index (χ0v) is 13.0. The van der Waals surface area contributed by atoms with Crippen molar-refractivity contribution in [3.63, 3.8) is 0 Å². The summed E-state index contributed by atoms with van der Waals surface area (Å²) in [4.78, 5) is 21.3. The quantitative estimate of drug-likeness (QED) is 0.871. The van der Waals surface area contributed by atoms with Gasteiger partial charge >= 0.3 is 5.97 Å². The van der Waals surface area contributed by atoms with E-state index in [2.05, 4.69) is 10.3 Å². The summed E-state index contributed by atoms with van der Waals surface area (Å²) in [6.45, 7) is 1.79. The first-order chi connectivity index (χ1) is 11.2. The van der Waals surface area contributed by atoms with Gasteiger partial charge in [-0.05, 0) is 38.1 Å². The van der Waals surface area contributed by atoms with E-state index in [9.17, 15) is 10.1 Å². The number of benzene rings is 1. The van der Waals surface area contributed by atoms with Crippen LogP contribution in [0.15, 0.2) is 24.3 Å². The van der Waals surface area contributed by atoms with Gasteiger partial charge < -0.3 is 10.1 Å². The van der Waals surface area contributed by atoms with Crippen LogP contribution in [0.25, 0.3) is 11.0 Å². The SMILES string of the molecule is COC(=O)C(C#N)c1nc2ccccc2nc1C1CCNCC1. The van der Waals surface area contributed by atoms with Gasteiger partial charge in [0.1, 0.15) is 0 Å². The monoisotopic (exact) mass is 310 g/mol. The molecule has 0 bridgehead atoms. The Kier molecular flexibility index (Phi) is 4.49. The lowest BCUT2D eigenvalue weighted by atomic mass is 9.89. The molecule has 6 nitrogen and oxygen atoms in total. The van der Waals surface area contributed by atoms with Crippen molar-refractivity contribution in [2.24, 2.45) is 0 Å². The summed E-state index contributed by atoms with van der Waals surface area (Å²) in [6.07, 6.45) is 1.83. The minimum absolute atomic E-state index is 0.198. The number of esters is 1. The molecule has 2 aromatic rings. The average molecular weight is 310 g/mol. The normalized spacial score (nSPS) is 16.7. The molecule has 1 aromatic heterocycles. The molecule has 3 rings (SSSR count). The van der Waals surface area contributed by atoms with E-state index in [0.717, 1.165) is 37.1 Å². The van der Waals surface area contributed by atoms with Crippen molar-refractivity contribution < 1.29 is 9.53 Å². The van der Waals surface area contributed by atoms with Crippen LogP contribution in [0.3, 0.4) is 0 Å². The van der Waals surface area contributed by atoms with Crippen molar-refractivity contribution >= 4 is 17.0 Å². The third-order valence-corrected chi connectivity index (χ3v) is 4.19. The topological polar surface area (TPSA) is 87.9 Å². The van der Waals surface area contributed by atoms with Crippen LogP contribution >= 0.6 is 0 Å². The van der Waals surface area contributed by atoms with E-state index in [4.69, 9.17) is 9.72 Å². The van der Waals surface area contributed by atoms with Crippen molar-refractivity contribution in [2.45, 2.75) is 24.7 Å². The minimum atomic E-state index is -1.04. The van der Waals surface area contributed by atoms with Gasteiger partial charge in [0.25, 0.3) is 0 Å². The van der Waals surface area contributed by atoms with Crippen molar-refractivity contribution in [3.05, 3.63) is 35.7 Å². The number of fused-ring (bicyclic) bond motifs is 1. The number of methoxy groups -OCH3 is 1. The molecule has 0 radical (unpaired) electrons. The molecule has 1 atom stereocenters. The summed E-state index contributed by atoms with van der Waals surface area (Å²) < 4.78 is 4.77. The van der Waals surface area contributed by atoms with Gasteiger partial charge in [0.2, 0.25) is 0 Å². The fourth-order valence-corrected chi connectivity index (χ4v) is 2.98. The molecule has 1 aromatic carbocycles. The van der Waals surface area contributed by atoms with Gasteiger partial charge in [-0.2, -0.15) is 5.26 Å². The molecule has 1 saturated heterocycles. The molecule has 0 aliphatic carbocycles. The first-order valence-electron chi connectivity index (χ1n) is 7.69. The highest BCUT2D eigenvalue weighted by molar-refractivity contribution is 5.82. The second-order valence-corrected chi connectivity index (χ2v) is 5.59. The summed E-state index contributed by atoms with van der Waals surface area (Å²) in [6, 6.07) is 9.53. The predicted molar refractivity (Wildman–Crippen MR) is 84.8 cm³/mol. The number of hydrogen-bond acceptors (Lipinski definition) is 6. The van der Waals surface area contributed by atoms with Crippen molar-refractivity contribution in [2.75, 3.05) is 20.2 Å². The molecule has 1 unspecified atom stereocenters. The number of carbonyl (C=O) groups is 1. The Hall–Kier alpha value is -2.52. The minimum Gasteiger partial charge on any atom is -0.468 e. The molecular weight excluding hydrogens is 292 g/mol. The van der Waals surface area contributed by atoms with Crippen LogP contribution < -0.4 is 5.32 Å². The zero-order valence-electron chi connectivity index (χ0n) is 13.0. The highest BCUT2D eigenvalue weighted by atomic mass is 16.5. The number of carbonyl (C=O) groups excluding carboxylic acids is 1. The number of aromatic nitrogens is 2. The number of ether oxygens (including phenoxy) is 1. The van der Waals surface area contributed by atoms with Gasteiger partial charge in [-0.1, -0.05) is 12.1 Å². The van der Waals surface area contributed by atoms with Crippen LogP contribution in [0.1, 0.15) is 36.1 Å². The molecule has 23 heavy (non-hydrogen) atoms. The Morgan fingerprint density at radius 3 is 2.57 bits per heavy atom. The summed E-state index contributed by atoms with van der Waals surface area (Å²) in [5, 5.41) is 12.8. The number of nitrogens with zero attached hydrogens (tertiary/aromatic N) is 3. The van der Waals surface area contributed by atoms with Crippen LogP contribution in [0.4, 0.5) is 0 Å². The molecule has 0 spiro atoms. The van der Waals surface area contributed by atoms with E-state index < -0.39 is 11.9 Å². The van der Waals surface area contributed by atoms with Gasteiger partial charge in [-0.15, -0.1) is 0 Å². The van der Waals surface area contributed by atoms with E-state index in [-0.39, 0.29) is 5.92 Å². The lowest BCUT2D eigenvalue weighted by Crippen LogP contribution is -2.28. The average Bonchev–Trinajstić information content (AvgIpc) is 2.62. The third kappa shape index (κ3) is 3.01. The maximum Gasteiger partial charge on any atom is 0.329 e. The van der Waals surface area contributed by atoms with Crippen LogP contribution in [0.2, 0.25) is 0 Å².